The van der Waals surface area contributed by atoms with E-state index in [4.69, 9.17) is 4.74 Å². The van der Waals surface area contributed by atoms with Crippen molar-refractivity contribution >= 4 is 39.1 Å². The zero-order chi connectivity index (χ0) is 23.2. The number of amides is 2. The number of aromatic nitrogens is 2. The third-order valence-electron chi connectivity index (χ3n) is 4.44. The maximum Gasteiger partial charge on any atom is 0.343 e. The van der Waals surface area contributed by atoms with Gasteiger partial charge in [-0.3, -0.25) is 14.3 Å². The molecule has 1 heterocycles. The fourth-order valence-electron chi connectivity index (χ4n) is 2.86. The first-order valence-electron chi connectivity index (χ1n) is 9.67. The number of nitrogens with one attached hydrogen (secondary N) is 2. The van der Waals surface area contributed by atoms with Gasteiger partial charge in [0.05, 0.1) is 12.8 Å². The molecule has 0 radical (unpaired) electrons. The second-order valence-corrected chi connectivity index (χ2v) is 9.04. The second kappa shape index (κ2) is 10.2. The van der Waals surface area contributed by atoms with E-state index in [0.29, 0.717) is 5.69 Å². The molecule has 31 heavy (non-hydrogen) atoms. The third-order valence-corrected chi connectivity index (χ3v) is 6.52. The molecule has 0 saturated carbocycles. The lowest BCUT2D eigenvalue weighted by atomic mass is 10.2. The van der Waals surface area contributed by atoms with Gasteiger partial charge in [0, 0.05) is 12.7 Å². The Balaban J connectivity index is 2.14. The average Bonchev–Trinajstić information content (AvgIpc) is 3.04. The van der Waals surface area contributed by atoms with E-state index in [-0.39, 0.29) is 24.4 Å². The number of hydrogen-bond donors (Lipinski definition) is 2. The quantitative estimate of drug-likeness (QED) is 0.555. The van der Waals surface area contributed by atoms with Gasteiger partial charge in [0.15, 0.2) is 9.84 Å². The summed E-state index contributed by atoms with van der Waals surface area (Å²) in [5.74, 6) is -3.15. The molecule has 2 rings (SSSR count). The monoisotopic (exact) mass is 450 g/mol. The highest BCUT2D eigenvalue weighted by atomic mass is 32.2. The lowest BCUT2D eigenvalue weighted by Gasteiger charge is -2.16. The fourth-order valence-corrected chi connectivity index (χ4v) is 4.39. The Kier molecular flexibility index (Phi) is 7.92. The van der Waals surface area contributed by atoms with Crippen molar-refractivity contribution < 1.29 is 27.5 Å². The molecule has 0 fully saturated rings. The zero-order valence-electron chi connectivity index (χ0n) is 17.8. The number of carbonyl (C=O) groups excluding carboxylic acids is 3. The van der Waals surface area contributed by atoms with Crippen molar-refractivity contribution in [1.29, 1.82) is 0 Å². The molecule has 2 amide bonds. The molecule has 0 aliphatic carbocycles. The van der Waals surface area contributed by atoms with Gasteiger partial charge < -0.3 is 15.4 Å². The van der Waals surface area contributed by atoms with Crippen LogP contribution in [0.2, 0.25) is 0 Å². The number of sulfone groups is 1. The van der Waals surface area contributed by atoms with Crippen LogP contribution in [0.15, 0.2) is 30.5 Å². The highest BCUT2D eigenvalue weighted by Gasteiger charge is 2.34. The molecular formula is C20H26N4O6S. The average molecular weight is 451 g/mol. The number of carbonyl (C=O) groups is 3. The van der Waals surface area contributed by atoms with Crippen LogP contribution in [0, 0.1) is 6.92 Å². The van der Waals surface area contributed by atoms with Crippen molar-refractivity contribution in [2.75, 3.05) is 23.0 Å². The Morgan fingerprint density at radius 1 is 1.13 bits per heavy atom. The highest BCUT2D eigenvalue weighted by Crippen LogP contribution is 2.18. The topological polar surface area (TPSA) is 136 Å². The van der Waals surface area contributed by atoms with Crippen molar-refractivity contribution in [1.82, 2.24) is 9.78 Å². The van der Waals surface area contributed by atoms with Gasteiger partial charge in [-0.25, -0.2) is 13.2 Å². The molecule has 0 bridgehead atoms. The molecule has 0 spiro atoms. The smallest absolute Gasteiger partial charge is 0.343 e. The van der Waals surface area contributed by atoms with Gasteiger partial charge in [-0.1, -0.05) is 24.6 Å². The summed E-state index contributed by atoms with van der Waals surface area (Å²) in [6.45, 7) is 5.17. The number of esters is 1. The molecule has 1 aromatic carbocycles. The summed E-state index contributed by atoms with van der Waals surface area (Å²) in [5.41, 5.74) is 1.45. The van der Waals surface area contributed by atoms with Crippen LogP contribution in [0.1, 0.15) is 36.2 Å². The van der Waals surface area contributed by atoms with Crippen LogP contribution in [0.3, 0.4) is 0 Å². The molecule has 0 saturated heterocycles. The van der Waals surface area contributed by atoms with E-state index in [1.807, 2.05) is 6.92 Å². The lowest BCUT2D eigenvalue weighted by Crippen LogP contribution is -2.39. The van der Waals surface area contributed by atoms with Crippen molar-refractivity contribution in [3.8, 4) is 0 Å². The minimum Gasteiger partial charge on any atom is -0.462 e. The summed E-state index contributed by atoms with van der Waals surface area (Å²) < 4.78 is 31.7. The maximum atomic E-state index is 12.8. The number of aryl methyl sites for hydroxylation is 2. The Morgan fingerprint density at radius 2 is 1.77 bits per heavy atom. The Morgan fingerprint density at radius 3 is 2.35 bits per heavy atom. The minimum absolute atomic E-state index is 0.00191. The first-order chi connectivity index (χ1) is 14.6. The molecule has 168 valence electrons. The van der Waals surface area contributed by atoms with Crippen LogP contribution in [-0.2, 0) is 31.2 Å². The first-order valence-corrected chi connectivity index (χ1v) is 11.4. The molecule has 2 N–H and O–H groups in total. The van der Waals surface area contributed by atoms with Crippen molar-refractivity contribution in [2.45, 2.75) is 32.4 Å². The predicted octanol–water partition coefficient (Wildman–Crippen LogP) is 1.68. The number of ether oxygens (including phenoxy) is 1. The Hall–Kier alpha value is -3.21. The predicted molar refractivity (Wildman–Crippen MR) is 115 cm³/mol. The summed E-state index contributed by atoms with van der Waals surface area (Å²) >= 11 is 0. The molecule has 0 aliphatic heterocycles. The van der Waals surface area contributed by atoms with Crippen molar-refractivity contribution in [3.05, 3.63) is 41.6 Å². The van der Waals surface area contributed by atoms with Gasteiger partial charge in [-0.2, -0.15) is 5.10 Å². The van der Waals surface area contributed by atoms with Gasteiger partial charge >= 0.3 is 5.97 Å². The molecule has 10 nitrogen and oxygen atoms in total. The maximum absolute atomic E-state index is 12.8. The van der Waals surface area contributed by atoms with E-state index in [1.165, 1.54) is 24.9 Å². The molecule has 0 aliphatic rings. The summed E-state index contributed by atoms with van der Waals surface area (Å²) in [5, 5.41) is 7.37. The van der Waals surface area contributed by atoms with Gasteiger partial charge in [-0.05, 0) is 32.4 Å². The standard InChI is InChI=1S/C20H26N4O6S/c1-5-16(19(26)23-18-15(11-21-24(18)4)20(27)30-6-2)31(28,29)12-17(25)22-14-9-7-13(3)8-10-14/h7-11,16H,5-6,12H2,1-4H3,(H,22,25)(H,23,26). The van der Waals surface area contributed by atoms with Crippen molar-refractivity contribution in [2.24, 2.45) is 7.05 Å². The van der Waals surface area contributed by atoms with Crippen molar-refractivity contribution in [3.63, 3.8) is 0 Å². The van der Waals surface area contributed by atoms with Gasteiger partial charge in [0.25, 0.3) is 0 Å². The Labute approximate surface area is 180 Å². The van der Waals surface area contributed by atoms with E-state index in [2.05, 4.69) is 15.7 Å². The van der Waals surface area contributed by atoms with Gasteiger partial charge in [0.2, 0.25) is 11.8 Å². The Bertz CT molecular complexity index is 1060. The van der Waals surface area contributed by atoms with Crippen LogP contribution in [0.5, 0.6) is 0 Å². The molecule has 11 heteroatoms. The summed E-state index contributed by atoms with van der Waals surface area (Å²) in [6.07, 6.45) is 1.16. The summed E-state index contributed by atoms with van der Waals surface area (Å²) in [6, 6.07) is 6.87. The second-order valence-electron chi connectivity index (χ2n) is 6.86. The van der Waals surface area contributed by atoms with E-state index < -0.39 is 38.6 Å². The number of rotatable bonds is 9. The van der Waals surface area contributed by atoms with E-state index in [0.717, 1.165) is 5.56 Å². The summed E-state index contributed by atoms with van der Waals surface area (Å²) in [7, 11) is -2.64. The first kappa shape index (κ1) is 24.1. The lowest BCUT2D eigenvalue weighted by molar-refractivity contribution is -0.115. The largest absolute Gasteiger partial charge is 0.462 e. The van der Waals surface area contributed by atoms with Gasteiger partial charge in [-0.15, -0.1) is 0 Å². The van der Waals surface area contributed by atoms with Gasteiger partial charge in [0.1, 0.15) is 22.4 Å². The number of anilines is 2. The molecule has 2 aromatic rings. The number of benzene rings is 1. The van der Waals surface area contributed by atoms with Crippen LogP contribution >= 0.6 is 0 Å². The number of hydrogen-bond acceptors (Lipinski definition) is 7. The molecule has 1 aromatic heterocycles. The SMILES string of the molecule is CCOC(=O)c1cnn(C)c1NC(=O)C(CC)S(=O)(=O)CC(=O)Nc1ccc(C)cc1. The minimum atomic E-state index is -4.13. The summed E-state index contributed by atoms with van der Waals surface area (Å²) in [4.78, 5) is 37.0. The highest BCUT2D eigenvalue weighted by molar-refractivity contribution is 7.93. The van der Waals surface area contributed by atoms with Crippen LogP contribution in [-0.4, -0.2) is 53.6 Å². The van der Waals surface area contributed by atoms with E-state index in [1.54, 1.807) is 31.2 Å². The molecular weight excluding hydrogens is 424 g/mol. The molecule has 1 atom stereocenters. The fraction of sp³-hybridized carbons (Fsp3) is 0.400. The van der Waals surface area contributed by atoms with Crippen LogP contribution in [0.4, 0.5) is 11.5 Å². The van der Waals surface area contributed by atoms with E-state index in [9.17, 15) is 22.8 Å². The molecule has 1 unspecified atom stereocenters. The number of nitrogens with zero attached hydrogens (tertiary/aromatic N) is 2. The normalized spacial score (nSPS) is 12.1. The van der Waals surface area contributed by atoms with E-state index >= 15 is 0 Å². The third kappa shape index (κ3) is 6.14. The van der Waals surface area contributed by atoms with Crippen LogP contribution in [0.25, 0.3) is 0 Å². The zero-order valence-corrected chi connectivity index (χ0v) is 18.7. The van der Waals surface area contributed by atoms with Crippen LogP contribution < -0.4 is 10.6 Å².